The monoisotopic (exact) mass is 356 g/mol. The van der Waals surface area contributed by atoms with Crippen LogP contribution in [-0.4, -0.2) is 15.1 Å². The highest BCUT2D eigenvalue weighted by molar-refractivity contribution is 7.98. The molecule has 0 N–H and O–H groups in total. The summed E-state index contributed by atoms with van der Waals surface area (Å²) < 4.78 is 5.28. The van der Waals surface area contributed by atoms with Gasteiger partial charge in [0.2, 0.25) is 11.7 Å². The molecule has 0 saturated heterocycles. The molecule has 0 bridgehead atoms. The first-order chi connectivity index (χ1) is 11.6. The fraction of sp³-hybridized carbons (Fsp3) is 0.176. The maximum Gasteiger partial charge on any atom is 0.237 e. The van der Waals surface area contributed by atoms with E-state index in [0.717, 1.165) is 16.8 Å². The molecular weight excluding hydrogens is 344 g/mol. The molecule has 0 aliphatic carbocycles. The van der Waals surface area contributed by atoms with Crippen LogP contribution in [0.4, 0.5) is 0 Å². The Morgan fingerprint density at radius 2 is 2.08 bits per heavy atom. The van der Waals surface area contributed by atoms with E-state index in [1.807, 2.05) is 32.0 Å². The van der Waals surface area contributed by atoms with Crippen molar-refractivity contribution in [1.29, 1.82) is 5.26 Å². The van der Waals surface area contributed by atoms with Gasteiger partial charge in [0.1, 0.15) is 11.1 Å². The number of halogens is 1. The molecule has 120 valence electrons. The Morgan fingerprint density at radius 3 is 2.83 bits per heavy atom. The van der Waals surface area contributed by atoms with E-state index in [-0.39, 0.29) is 0 Å². The second kappa shape index (κ2) is 7.04. The molecule has 1 aromatic carbocycles. The fourth-order valence-corrected chi connectivity index (χ4v) is 3.36. The first-order valence-electron chi connectivity index (χ1n) is 7.16. The molecule has 5 nitrogen and oxygen atoms in total. The van der Waals surface area contributed by atoms with Gasteiger partial charge in [0, 0.05) is 16.3 Å². The molecule has 0 spiro atoms. The van der Waals surface area contributed by atoms with Gasteiger partial charge in [-0.1, -0.05) is 40.7 Å². The maximum atomic E-state index is 9.30. The van der Waals surface area contributed by atoms with E-state index in [1.54, 1.807) is 12.1 Å². The van der Waals surface area contributed by atoms with Crippen LogP contribution in [0.1, 0.15) is 22.7 Å². The van der Waals surface area contributed by atoms with Crippen molar-refractivity contribution in [3.05, 3.63) is 58.1 Å². The molecule has 2 heterocycles. The minimum absolute atomic E-state index is 0.443. The van der Waals surface area contributed by atoms with Gasteiger partial charge in [-0.3, -0.25) is 0 Å². The van der Waals surface area contributed by atoms with Crippen molar-refractivity contribution in [3.8, 4) is 17.5 Å². The van der Waals surface area contributed by atoms with E-state index in [1.165, 1.54) is 11.8 Å². The molecule has 0 aliphatic heterocycles. The molecule has 24 heavy (non-hydrogen) atoms. The number of nitrogens with zero attached hydrogens (tertiary/aromatic N) is 4. The standard InChI is InChI=1S/C17H13ClN4OS/c1-10-6-11(2)20-17(14(10)8-19)24-9-15-21-16(22-23-15)12-4-3-5-13(18)7-12/h3-7H,9H2,1-2H3. The number of aromatic nitrogens is 3. The number of nitriles is 1. The summed E-state index contributed by atoms with van der Waals surface area (Å²) in [6.07, 6.45) is 0. The van der Waals surface area contributed by atoms with E-state index in [0.29, 0.717) is 33.1 Å². The molecule has 0 atom stereocenters. The second-order valence-electron chi connectivity index (χ2n) is 5.18. The van der Waals surface area contributed by atoms with Gasteiger partial charge in [-0.25, -0.2) is 4.98 Å². The number of benzene rings is 1. The normalized spacial score (nSPS) is 10.6. The predicted octanol–water partition coefficient (Wildman–Crippen LogP) is 4.57. The third-order valence-electron chi connectivity index (χ3n) is 3.31. The van der Waals surface area contributed by atoms with Crippen molar-refractivity contribution in [2.24, 2.45) is 0 Å². The van der Waals surface area contributed by atoms with Crippen molar-refractivity contribution < 1.29 is 4.52 Å². The molecule has 0 aliphatic rings. The summed E-state index contributed by atoms with van der Waals surface area (Å²) in [6, 6.07) is 11.4. The van der Waals surface area contributed by atoms with Gasteiger partial charge in [-0.05, 0) is 37.6 Å². The van der Waals surface area contributed by atoms with Crippen molar-refractivity contribution in [1.82, 2.24) is 15.1 Å². The Balaban J connectivity index is 1.78. The molecule has 7 heteroatoms. The minimum atomic E-state index is 0.443. The lowest BCUT2D eigenvalue weighted by Crippen LogP contribution is -1.94. The molecule has 0 saturated carbocycles. The highest BCUT2D eigenvalue weighted by Crippen LogP contribution is 2.27. The van der Waals surface area contributed by atoms with Crippen LogP contribution >= 0.6 is 23.4 Å². The predicted molar refractivity (Wildman–Crippen MR) is 92.7 cm³/mol. The van der Waals surface area contributed by atoms with Gasteiger partial charge < -0.3 is 4.52 Å². The van der Waals surface area contributed by atoms with Crippen LogP contribution < -0.4 is 0 Å². The lowest BCUT2D eigenvalue weighted by atomic mass is 10.1. The van der Waals surface area contributed by atoms with Crippen molar-refractivity contribution >= 4 is 23.4 Å². The van der Waals surface area contributed by atoms with Gasteiger partial charge in [0.15, 0.2) is 0 Å². The largest absolute Gasteiger partial charge is 0.338 e. The van der Waals surface area contributed by atoms with E-state index < -0.39 is 0 Å². The Labute approximate surface area is 148 Å². The number of hydrogen-bond donors (Lipinski definition) is 0. The first-order valence-corrected chi connectivity index (χ1v) is 8.53. The zero-order valence-corrected chi connectivity index (χ0v) is 14.6. The summed E-state index contributed by atoms with van der Waals surface area (Å²) in [5, 5.41) is 14.6. The quantitative estimate of drug-likeness (QED) is 0.637. The van der Waals surface area contributed by atoms with Gasteiger partial charge in [0.05, 0.1) is 11.3 Å². The van der Waals surface area contributed by atoms with Gasteiger partial charge in [-0.15, -0.1) is 0 Å². The third-order valence-corrected chi connectivity index (χ3v) is 4.50. The number of aryl methyl sites for hydroxylation is 2. The Hall–Kier alpha value is -2.36. The van der Waals surface area contributed by atoms with E-state index in [9.17, 15) is 5.26 Å². The van der Waals surface area contributed by atoms with Crippen LogP contribution in [0.15, 0.2) is 39.9 Å². The average Bonchev–Trinajstić information content (AvgIpc) is 3.01. The molecule has 2 aromatic heterocycles. The smallest absolute Gasteiger partial charge is 0.237 e. The Morgan fingerprint density at radius 1 is 1.25 bits per heavy atom. The summed E-state index contributed by atoms with van der Waals surface area (Å²) >= 11 is 7.39. The molecule has 3 aromatic rings. The van der Waals surface area contributed by atoms with Crippen molar-refractivity contribution in [3.63, 3.8) is 0 Å². The Kier molecular flexibility index (Phi) is 4.84. The second-order valence-corrected chi connectivity index (χ2v) is 6.58. The van der Waals surface area contributed by atoms with Crippen LogP contribution in [0.2, 0.25) is 5.02 Å². The van der Waals surface area contributed by atoms with Gasteiger partial charge >= 0.3 is 0 Å². The van der Waals surface area contributed by atoms with E-state index >= 15 is 0 Å². The van der Waals surface area contributed by atoms with Crippen LogP contribution in [0.5, 0.6) is 0 Å². The fourth-order valence-electron chi connectivity index (χ4n) is 2.23. The average molecular weight is 357 g/mol. The number of hydrogen-bond acceptors (Lipinski definition) is 6. The summed E-state index contributed by atoms with van der Waals surface area (Å²) in [5.74, 6) is 1.40. The van der Waals surface area contributed by atoms with Crippen LogP contribution in [0.25, 0.3) is 11.4 Å². The number of pyridine rings is 1. The van der Waals surface area contributed by atoms with Crippen molar-refractivity contribution in [2.75, 3.05) is 0 Å². The van der Waals surface area contributed by atoms with Crippen LogP contribution in [0, 0.1) is 25.2 Å². The highest BCUT2D eigenvalue weighted by atomic mass is 35.5. The molecule has 0 fully saturated rings. The minimum Gasteiger partial charge on any atom is -0.338 e. The number of thioether (sulfide) groups is 1. The topological polar surface area (TPSA) is 75.6 Å². The summed E-state index contributed by atoms with van der Waals surface area (Å²) in [4.78, 5) is 8.80. The molecule has 3 rings (SSSR count). The maximum absolute atomic E-state index is 9.30. The Bertz CT molecular complexity index is 933. The third kappa shape index (κ3) is 3.58. The highest BCUT2D eigenvalue weighted by Gasteiger charge is 2.13. The number of rotatable bonds is 4. The van der Waals surface area contributed by atoms with Gasteiger partial charge in [-0.2, -0.15) is 10.2 Å². The zero-order chi connectivity index (χ0) is 17.1. The van der Waals surface area contributed by atoms with E-state index in [2.05, 4.69) is 21.2 Å². The summed E-state index contributed by atoms with van der Waals surface area (Å²) in [6.45, 7) is 3.81. The summed E-state index contributed by atoms with van der Waals surface area (Å²) in [5.41, 5.74) is 3.17. The van der Waals surface area contributed by atoms with Crippen molar-refractivity contribution in [2.45, 2.75) is 24.6 Å². The first kappa shape index (κ1) is 16.5. The van der Waals surface area contributed by atoms with E-state index in [4.69, 9.17) is 16.1 Å². The lowest BCUT2D eigenvalue weighted by molar-refractivity contribution is 0.391. The molecule has 0 unspecified atom stereocenters. The molecule has 0 radical (unpaired) electrons. The molecular formula is C17H13ClN4OS. The SMILES string of the molecule is Cc1cc(C)c(C#N)c(SCc2nc(-c3cccc(Cl)c3)no2)n1. The van der Waals surface area contributed by atoms with Gasteiger partial charge in [0.25, 0.3) is 0 Å². The lowest BCUT2D eigenvalue weighted by Gasteiger charge is -2.05. The zero-order valence-electron chi connectivity index (χ0n) is 13.1. The van der Waals surface area contributed by atoms with Crippen LogP contribution in [-0.2, 0) is 5.75 Å². The summed E-state index contributed by atoms with van der Waals surface area (Å²) in [7, 11) is 0. The van der Waals surface area contributed by atoms with Crippen LogP contribution in [0.3, 0.4) is 0 Å². The molecule has 0 amide bonds.